The number of aryl methyl sites for hydroxylation is 5. The van der Waals surface area contributed by atoms with Crippen LogP contribution in [0.15, 0.2) is 176 Å². The van der Waals surface area contributed by atoms with Crippen molar-refractivity contribution >= 4 is 43.6 Å². The fourth-order valence-corrected chi connectivity index (χ4v) is 12.0. The van der Waals surface area contributed by atoms with Gasteiger partial charge in [-0.15, -0.1) is 0 Å². The van der Waals surface area contributed by atoms with Crippen molar-refractivity contribution in [2.45, 2.75) is 59.3 Å². The first-order valence-electron chi connectivity index (χ1n) is 27.1. The second kappa shape index (κ2) is 20.6. The maximum Gasteiger partial charge on any atom is 0.416 e. The number of halogens is 12. The Labute approximate surface area is 489 Å². The van der Waals surface area contributed by atoms with Gasteiger partial charge in [0.15, 0.2) is 0 Å². The Balaban J connectivity index is 1.22. The molecule has 432 valence electrons. The summed E-state index contributed by atoms with van der Waals surface area (Å²) in [5.41, 5.74) is 3.69. The maximum atomic E-state index is 14.4. The van der Waals surface area contributed by atoms with Crippen molar-refractivity contribution in [3.8, 4) is 79.1 Å². The summed E-state index contributed by atoms with van der Waals surface area (Å²) in [4.78, 5) is 0. The third-order valence-electron chi connectivity index (χ3n) is 15.7. The minimum Gasteiger partial charge on any atom is -0.309 e. The fourth-order valence-electron chi connectivity index (χ4n) is 12.0. The molecule has 0 radical (unpaired) electrons. The van der Waals surface area contributed by atoms with Crippen molar-refractivity contribution < 1.29 is 52.7 Å². The molecule has 0 atom stereocenters. The van der Waals surface area contributed by atoms with Crippen LogP contribution in [-0.4, -0.2) is 9.13 Å². The van der Waals surface area contributed by atoms with Crippen LogP contribution in [0.25, 0.3) is 111 Å². The summed E-state index contributed by atoms with van der Waals surface area (Å²) in [6.07, 6.45) is -18.8. The number of alkyl halides is 12. The molecule has 12 aromatic rings. The van der Waals surface area contributed by atoms with Crippen LogP contribution < -0.4 is 0 Å². The van der Waals surface area contributed by atoms with Crippen LogP contribution in [0.1, 0.15) is 61.2 Å². The van der Waals surface area contributed by atoms with Gasteiger partial charge in [0.1, 0.15) is 6.07 Å². The molecule has 2 heterocycles. The monoisotopic (exact) mass is 1180 g/mol. The van der Waals surface area contributed by atoms with Crippen LogP contribution in [-0.2, 0) is 24.7 Å². The smallest absolute Gasteiger partial charge is 0.309 e. The van der Waals surface area contributed by atoms with E-state index in [1.807, 2.05) is 0 Å². The number of rotatable bonds is 7. The summed E-state index contributed by atoms with van der Waals surface area (Å²) >= 11 is 0. The minimum absolute atomic E-state index is 0.0225. The minimum atomic E-state index is -4.70. The number of hydrogen-bond donors (Lipinski definition) is 0. The number of aromatic nitrogens is 2. The van der Waals surface area contributed by atoms with Crippen molar-refractivity contribution in [1.29, 1.82) is 10.5 Å². The highest BCUT2D eigenvalue weighted by Gasteiger charge is 2.35. The standard InChI is InChI=1S/C71H44F12N4/c1-37-14-42(35-84)24-51(19-37)61-34-62(86-63-29-43(47-15-38(2)20-53(25-47)68(72,73)74)6-10-57(63)58-11-7-44(30-64(58)86)48-16-39(3)21-54(26-48)69(75,76)77)52(36-85)33-67(61)87-65-31-45(49-17-40(4)22-55(27-49)70(78,79)80)8-12-59(65)60-13-9-46(32-66(60)87)50-18-41(5)23-56(28-50)71(81,82)83/h6-34H,1-5H3. The maximum absolute atomic E-state index is 14.4. The average molecular weight is 1180 g/mol. The van der Waals surface area contributed by atoms with Crippen LogP contribution in [0.4, 0.5) is 52.7 Å². The van der Waals surface area contributed by atoms with Gasteiger partial charge in [-0.2, -0.15) is 63.2 Å². The number of nitrogens with zero attached hydrogens (tertiary/aromatic N) is 4. The van der Waals surface area contributed by atoms with Crippen LogP contribution in [0.2, 0.25) is 0 Å². The number of fused-ring (bicyclic) bond motifs is 6. The molecule has 16 heteroatoms. The topological polar surface area (TPSA) is 57.4 Å². The lowest BCUT2D eigenvalue weighted by atomic mass is 9.96. The first-order chi connectivity index (χ1) is 41.0. The van der Waals surface area contributed by atoms with Gasteiger partial charge in [0.2, 0.25) is 0 Å². The molecular formula is C71H44F12N4. The van der Waals surface area contributed by atoms with E-state index in [2.05, 4.69) is 12.1 Å². The fraction of sp³-hybridized carbons (Fsp3) is 0.127. The van der Waals surface area contributed by atoms with E-state index >= 15 is 0 Å². The Kier molecular flexibility index (Phi) is 13.6. The van der Waals surface area contributed by atoms with Crippen molar-refractivity contribution in [3.05, 3.63) is 237 Å². The van der Waals surface area contributed by atoms with Crippen molar-refractivity contribution in [1.82, 2.24) is 9.13 Å². The first kappa shape index (κ1) is 57.4. The van der Waals surface area contributed by atoms with Crippen LogP contribution in [0, 0.1) is 57.3 Å². The summed E-state index contributed by atoms with van der Waals surface area (Å²) in [6.45, 7) is 7.92. The Morgan fingerprint density at radius 1 is 0.287 bits per heavy atom. The molecule has 0 aliphatic rings. The van der Waals surface area contributed by atoms with Gasteiger partial charge in [0, 0.05) is 27.1 Å². The van der Waals surface area contributed by atoms with Gasteiger partial charge < -0.3 is 9.13 Å². The quantitative estimate of drug-likeness (QED) is 0.149. The number of nitriles is 2. The summed E-state index contributed by atoms with van der Waals surface area (Å²) in [6, 6.07) is 47.9. The van der Waals surface area contributed by atoms with E-state index in [4.69, 9.17) is 0 Å². The van der Waals surface area contributed by atoms with Crippen LogP contribution in [0.5, 0.6) is 0 Å². The summed E-state index contributed by atoms with van der Waals surface area (Å²) in [5, 5.41) is 24.4. The van der Waals surface area contributed by atoms with Crippen molar-refractivity contribution in [2.24, 2.45) is 0 Å². The molecule has 0 bridgehead atoms. The highest BCUT2D eigenvalue weighted by atomic mass is 19.4. The summed E-state index contributed by atoms with van der Waals surface area (Å²) in [7, 11) is 0. The molecule has 87 heavy (non-hydrogen) atoms. The van der Waals surface area contributed by atoms with Gasteiger partial charge in [0.05, 0.1) is 72.9 Å². The van der Waals surface area contributed by atoms with E-state index in [0.717, 1.165) is 48.5 Å². The summed E-state index contributed by atoms with van der Waals surface area (Å²) in [5.74, 6) is 0. The predicted octanol–water partition coefficient (Wildman–Crippen LogP) is 21.6. The Morgan fingerprint density at radius 3 is 0.885 bits per heavy atom. The zero-order valence-electron chi connectivity index (χ0n) is 46.6. The molecule has 0 saturated carbocycles. The Morgan fingerprint density at radius 2 is 0.586 bits per heavy atom. The third kappa shape index (κ3) is 10.6. The highest BCUT2D eigenvalue weighted by molar-refractivity contribution is 6.13. The van der Waals surface area contributed by atoms with Gasteiger partial charge >= 0.3 is 24.7 Å². The van der Waals surface area contributed by atoms with Gasteiger partial charge in [-0.25, -0.2) is 0 Å². The van der Waals surface area contributed by atoms with Gasteiger partial charge in [0.25, 0.3) is 0 Å². The van der Waals surface area contributed by atoms with Gasteiger partial charge in [-0.1, -0.05) is 78.9 Å². The summed E-state index contributed by atoms with van der Waals surface area (Å²) < 4.78 is 177. The molecule has 0 aliphatic carbocycles. The van der Waals surface area contributed by atoms with Crippen molar-refractivity contribution in [2.75, 3.05) is 0 Å². The zero-order chi connectivity index (χ0) is 62.0. The van der Waals surface area contributed by atoms with Crippen LogP contribution >= 0.6 is 0 Å². The molecule has 2 aromatic heterocycles. The van der Waals surface area contributed by atoms with Crippen molar-refractivity contribution in [3.63, 3.8) is 0 Å². The zero-order valence-corrected chi connectivity index (χ0v) is 46.6. The van der Waals surface area contributed by atoms with E-state index in [1.165, 1.54) is 27.7 Å². The van der Waals surface area contributed by atoms with E-state index in [0.29, 0.717) is 105 Å². The molecule has 4 nitrogen and oxygen atoms in total. The molecule has 0 amide bonds. The van der Waals surface area contributed by atoms with Crippen LogP contribution in [0.3, 0.4) is 0 Å². The highest BCUT2D eigenvalue weighted by Crippen LogP contribution is 2.46. The first-order valence-corrected chi connectivity index (χ1v) is 27.1. The predicted molar refractivity (Wildman–Crippen MR) is 315 cm³/mol. The van der Waals surface area contributed by atoms with Gasteiger partial charge in [-0.05, 0) is 210 Å². The van der Waals surface area contributed by atoms with E-state index < -0.39 is 47.0 Å². The lowest BCUT2D eigenvalue weighted by Crippen LogP contribution is -2.06. The molecule has 10 aromatic carbocycles. The normalized spacial score (nSPS) is 12.4. The Hall–Kier alpha value is -10.1. The molecule has 0 unspecified atom stereocenters. The number of benzene rings is 10. The Bertz CT molecular complexity index is 4720. The van der Waals surface area contributed by atoms with Gasteiger partial charge in [-0.3, -0.25) is 0 Å². The molecule has 0 saturated heterocycles. The molecular weight excluding hydrogens is 1140 g/mol. The van der Waals surface area contributed by atoms with E-state index in [1.54, 1.807) is 143 Å². The average Bonchev–Trinajstić information content (AvgIpc) is 1.63. The second-order valence-corrected chi connectivity index (χ2v) is 22.1. The molecule has 0 spiro atoms. The molecule has 0 N–H and O–H groups in total. The second-order valence-electron chi connectivity index (χ2n) is 22.1. The molecule has 12 rings (SSSR count). The molecule has 0 fully saturated rings. The number of hydrogen-bond acceptors (Lipinski definition) is 2. The van der Waals surface area contributed by atoms with E-state index in [9.17, 15) is 63.2 Å². The third-order valence-corrected chi connectivity index (χ3v) is 15.7. The molecule has 0 aliphatic heterocycles. The van der Waals surface area contributed by atoms with E-state index in [-0.39, 0.29) is 44.8 Å². The SMILES string of the molecule is Cc1cc(C#N)cc(-c2cc(-n3c4cc(-c5cc(C)cc(C(F)(F)F)c5)ccc4c4ccc(-c5cc(C)cc(C(F)(F)F)c5)cc43)c(C#N)cc2-n2c3cc(-c4cc(C)cc(C(F)(F)F)c4)ccc3c3ccc(-c4cc(C)cc(C(F)(F)F)c4)cc32)c1. The lowest BCUT2D eigenvalue weighted by Gasteiger charge is -2.20. The lowest BCUT2D eigenvalue weighted by molar-refractivity contribution is -0.138. The largest absolute Gasteiger partial charge is 0.416 e.